The normalized spacial score (nSPS) is 14.5. The Morgan fingerprint density at radius 1 is 0.920 bits per heavy atom. The zero-order valence-electron chi connectivity index (χ0n) is 13.6. The van der Waals surface area contributed by atoms with Gasteiger partial charge in [0, 0.05) is 29.8 Å². The van der Waals surface area contributed by atoms with E-state index >= 15 is 0 Å². The summed E-state index contributed by atoms with van der Waals surface area (Å²) in [7, 11) is 0. The van der Waals surface area contributed by atoms with Crippen molar-refractivity contribution in [3.8, 4) is 22.8 Å². The van der Waals surface area contributed by atoms with Crippen LogP contribution in [0.3, 0.4) is 0 Å². The van der Waals surface area contributed by atoms with Crippen LogP contribution in [0.1, 0.15) is 10.4 Å². The van der Waals surface area contributed by atoms with E-state index in [-0.39, 0.29) is 5.91 Å². The molecule has 0 aliphatic carbocycles. The van der Waals surface area contributed by atoms with Gasteiger partial charge in [-0.25, -0.2) is 0 Å². The summed E-state index contributed by atoms with van der Waals surface area (Å²) in [5.74, 6) is 1.00. The van der Waals surface area contributed by atoms with Crippen LogP contribution in [0.15, 0.2) is 59.1 Å². The van der Waals surface area contributed by atoms with Gasteiger partial charge in [-0.05, 0) is 24.3 Å². The molecule has 1 aromatic heterocycles. The predicted molar refractivity (Wildman–Crippen MR) is 91.9 cm³/mol. The molecule has 0 saturated carbocycles. The van der Waals surface area contributed by atoms with E-state index in [1.165, 1.54) is 0 Å². The standard InChI is InChI=1S/C19H17N3O3/c23-19(22-10-12-24-13-11-22)16-8-6-14(7-9-16)17-20-18(25-21-17)15-4-2-1-3-5-15/h1-9H,10-13H2. The summed E-state index contributed by atoms with van der Waals surface area (Å²) in [5.41, 5.74) is 2.34. The van der Waals surface area contributed by atoms with Crippen LogP contribution >= 0.6 is 0 Å². The Morgan fingerprint density at radius 3 is 2.36 bits per heavy atom. The van der Waals surface area contributed by atoms with Crippen molar-refractivity contribution in [3.05, 3.63) is 60.2 Å². The summed E-state index contributed by atoms with van der Waals surface area (Å²) < 4.78 is 10.6. The van der Waals surface area contributed by atoms with Crippen LogP contribution in [0.2, 0.25) is 0 Å². The van der Waals surface area contributed by atoms with Gasteiger partial charge in [0.15, 0.2) is 0 Å². The zero-order chi connectivity index (χ0) is 17.1. The number of hydrogen-bond acceptors (Lipinski definition) is 5. The van der Waals surface area contributed by atoms with Gasteiger partial charge in [-0.1, -0.05) is 35.5 Å². The van der Waals surface area contributed by atoms with Gasteiger partial charge >= 0.3 is 0 Å². The Labute approximate surface area is 145 Å². The fraction of sp³-hybridized carbons (Fsp3) is 0.211. The highest BCUT2D eigenvalue weighted by Crippen LogP contribution is 2.22. The number of nitrogens with zero attached hydrogens (tertiary/aromatic N) is 3. The van der Waals surface area contributed by atoms with Crippen LogP contribution < -0.4 is 0 Å². The summed E-state index contributed by atoms with van der Waals surface area (Å²) >= 11 is 0. The summed E-state index contributed by atoms with van der Waals surface area (Å²) in [6, 6.07) is 16.9. The molecule has 126 valence electrons. The minimum absolute atomic E-state index is 0.0212. The average Bonchev–Trinajstić information content (AvgIpc) is 3.19. The molecule has 1 amide bonds. The molecule has 0 bridgehead atoms. The highest BCUT2D eigenvalue weighted by Gasteiger charge is 2.18. The quantitative estimate of drug-likeness (QED) is 0.736. The first-order valence-corrected chi connectivity index (χ1v) is 8.18. The number of benzene rings is 2. The zero-order valence-corrected chi connectivity index (χ0v) is 13.6. The van der Waals surface area contributed by atoms with E-state index in [9.17, 15) is 4.79 Å². The fourth-order valence-corrected chi connectivity index (χ4v) is 2.75. The average molecular weight is 335 g/mol. The Kier molecular flexibility index (Phi) is 4.26. The van der Waals surface area contributed by atoms with Crippen molar-refractivity contribution in [2.24, 2.45) is 0 Å². The van der Waals surface area contributed by atoms with Crippen molar-refractivity contribution in [1.29, 1.82) is 0 Å². The second kappa shape index (κ2) is 6.86. The van der Waals surface area contributed by atoms with Gasteiger partial charge in [0.1, 0.15) is 0 Å². The third-order valence-electron chi connectivity index (χ3n) is 4.14. The van der Waals surface area contributed by atoms with Crippen molar-refractivity contribution in [2.45, 2.75) is 0 Å². The molecule has 1 aliphatic rings. The second-order valence-electron chi connectivity index (χ2n) is 5.77. The minimum atomic E-state index is 0.0212. The lowest BCUT2D eigenvalue weighted by atomic mass is 10.1. The van der Waals surface area contributed by atoms with E-state index in [1.807, 2.05) is 42.5 Å². The molecule has 2 heterocycles. The highest BCUT2D eigenvalue weighted by molar-refractivity contribution is 5.94. The first kappa shape index (κ1) is 15.5. The van der Waals surface area contributed by atoms with Crippen LogP contribution in [0.5, 0.6) is 0 Å². The smallest absolute Gasteiger partial charge is 0.258 e. The second-order valence-corrected chi connectivity index (χ2v) is 5.77. The van der Waals surface area contributed by atoms with E-state index < -0.39 is 0 Å². The Hall–Kier alpha value is -2.99. The third kappa shape index (κ3) is 3.29. The number of aromatic nitrogens is 2. The fourth-order valence-electron chi connectivity index (χ4n) is 2.75. The van der Waals surface area contributed by atoms with Gasteiger partial charge in [0.05, 0.1) is 13.2 Å². The molecular weight excluding hydrogens is 318 g/mol. The first-order valence-electron chi connectivity index (χ1n) is 8.18. The number of morpholine rings is 1. The molecule has 1 saturated heterocycles. The number of carbonyl (C=O) groups is 1. The number of rotatable bonds is 3. The largest absolute Gasteiger partial charge is 0.378 e. The van der Waals surface area contributed by atoms with Crippen LogP contribution in [-0.2, 0) is 4.74 Å². The van der Waals surface area contributed by atoms with Crippen molar-refractivity contribution < 1.29 is 14.1 Å². The lowest BCUT2D eigenvalue weighted by molar-refractivity contribution is 0.0303. The van der Waals surface area contributed by atoms with Gasteiger partial charge in [-0.15, -0.1) is 0 Å². The summed E-state index contributed by atoms with van der Waals surface area (Å²) in [6.45, 7) is 2.45. The van der Waals surface area contributed by atoms with Crippen molar-refractivity contribution in [2.75, 3.05) is 26.3 Å². The van der Waals surface area contributed by atoms with Gasteiger partial charge in [0.2, 0.25) is 5.82 Å². The lowest BCUT2D eigenvalue weighted by Crippen LogP contribution is -2.40. The maximum atomic E-state index is 12.5. The molecule has 6 heteroatoms. The maximum Gasteiger partial charge on any atom is 0.258 e. The van der Waals surface area contributed by atoms with E-state index in [2.05, 4.69) is 10.1 Å². The molecule has 0 unspecified atom stereocenters. The third-order valence-corrected chi connectivity index (χ3v) is 4.14. The molecule has 1 aliphatic heterocycles. The van der Waals surface area contributed by atoms with Gasteiger partial charge < -0.3 is 14.2 Å². The number of ether oxygens (including phenoxy) is 1. The molecule has 2 aromatic carbocycles. The summed E-state index contributed by atoms with van der Waals surface area (Å²) in [5, 5.41) is 4.03. The monoisotopic (exact) mass is 335 g/mol. The molecule has 1 fully saturated rings. The minimum Gasteiger partial charge on any atom is -0.378 e. The number of hydrogen-bond donors (Lipinski definition) is 0. The van der Waals surface area contributed by atoms with E-state index in [0.29, 0.717) is 43.6 Å². The van der Waals surface area contributed by atoms with Gasteiger partial charge in [-0.3, -0.25) is 4.79 Å². The van der Waals surface area contributed by atoms with Gasteiger partial charge in [0.25, 0.3) is 11.8 Å². The van der Waals surface area contributed by atoms with Crippen LogP contribution in [0.4, 0.5) is 0 Å². The van der Waals surface area contributed by atoms with E-state index in [4.69, 9.17) is 9.26 Å². The summed E-state index contributed by atoms with van der Waals surface area (Å²) in [6.07, 6.45) is 0. The van der Waals surface area contributed by atoms with Crippen molar-refractivity contribution >= 4 is 5.91 Å². The van der Waals surface area contributed by atoms with Crippen molar-refractivity contribution in [3.63, 3.8) is 0 Å². The SMILES string of the molecule is O=C(c1ccc(-c2noc(-c3ccccc3)n2)cc1)N1CCOCC1. The molecule has 25 heavy (non-hydrogen) atoms. The highest BCUT2D eigenvalue weighted by atomic mass is 16.5. The Bertz CT molecular complexity index is 853. The number of carbonyl (C=O) groups excluding carboxylic acids is 1. The molecule has 0 spiro atoms. The Balaban J connectivity index is 1.52. The molecule has 0 radical (unpaired) electrons. The lowest BCUT2D eigenvalue weighted by Gasteiger charge is -2.26. The molecule has 3 aromatic rings. The maximum absolute atomic E-state index is 12.5. The Morgan fingerprint density at radius 2 is 1.64 bits per heavy atom. The van der Waals surface area contributed by atoms with Crippen LogP contribution in [0, 0.1) is 0 Å². The topological polar surface area (TPSA) is 68.5 Å². The molecule has 6 nitrogen and oxygen atoms in total. The van der Waals surface area contributed by atoms with Crippen molar-refractivity contribution in [1.82, 2.24) is 15.0 Å². The molecule has 4 rings (SSSR count). The van der Waals surface area contributed by atoms with Crippen LogP contribution in [-0.4, -0.2) is 47.3 Å². The van der Waals surface area contributed by atoms with E-state index in [1.54, 1.807) is 17.0 Å². The van der Waals surface area contributed by atoms with E-state index in [0.717, 1.165) is 11.1 Å². The van der Waals surface area contributed by atoms with Crippen LogP contribution in [0.25, 0.3) is 22.8 Å². The number of amides is 1. The molecular formula is C19H17N3O3. The predicted octanol–water partition coefficient (Wildman–Crippen LogP) is 2.88. The summed E-state index contributed by atoms with van der Waals surface area (Å²) in [4.78, 5) is 18.7. The molecule has 0 N–H and O–H groups in total. The first-order chi connectivity index (χ1) is 12.3. The van der Waals surface area contributed by atoms with Gasteiger partial charge in [-0.2, -0.15) is 4.98 Å². The molecule has 0 atom stereocenters.